The lowest BCUT2D eigenvalue weighted by Crippen LogP contribution is -2.61. The molecule has 2 fully saturated rings. The smallest absolute Gasteiger partial charge is 0.0777 e. The number of ether oxygens (including phenoxy) is 1. The maximum atomic E-state index is 6.21. The van der Waals surface area contributed by atoms with Gasteiger partial charge in [-0.15, -0.1) is 0 Å². The molecule has 2 unspecified atom stereocenters. The Hall–Kier alpha value is -0.160. The average Bonchev–Trinajstić information content (AvgIpc) is 2.62. The van der Waals surface area contributed by atoms with Crippen molar-refractivity contribution in [3.8, 4) is 0 Å². The number of nitrogens with two attached hydrogens (primary N) is 1. The van der Waals surface area contributed by atoms with E-state index in [4.69, 9.17) is 10.5 Å². The summed E-state index contributed by atoms with van der Waals surface area (Å²) in [7, 11) is 4.07. The van der Waals surface area contributed by atoms with E-state index < -0.39 is 0 Å². The lowest BCUT2D eigenvalue weighted by atomic mass is 9.83. The summed E-state index contributed by atoms with van der Waals surface area (Å²) in [6.07, 6.45) is 6.07. The van der Waals surface area contributed by atoms with Crippen LogP contribution < -0.4 is 5.73 Å². The van der Waals surface area contributed by atoms with E-state index in [-0.39, 0.29) is 11.1 Å². The van der Waals surface area contributed by atoms with E-state index in [1.165, 1.54) is 45.2 Å². The summed E-state index contributed by atoms with van der Waals surface area (Å²) < 4.78 is 5.75. The van der Waals surface area contributed by atoms with Crippen molar-refractivity contribution in [1.29, 1.82) is 0 Å². The molecule has 0 aromatic carbocycles. The Morgan fingerprint density at radius 1 is 1.11 bits per heavy atom. The highest BCUT2D eigenvalue weighted by Crippen LogP contribution is 2.34. The Bertz CT molecular complexity index is 299. The summed E-state index contributed by atoms with van der Waals surface area (Å²) in [6.45, 7) is 7.60. The summed E-state index contributed by atoms with van der Waals surface area (Å²) in [5.41, 5.74) is 6.42. The number of methoxy groups -OCH3 is 1. The van der Waals surface area contributed by atoms with Crippen LogP contribution in [-0.2, 0) is 4.74 Å². The number of rotatable bonds is 3. The molecule has 2 aliphatic rings. The van der Waals surface area contributed by atoms with E-state index in [2.05, 4.69) is 23.8 Å². The van der Waals surface area contributed by atoms with Gasteiger partial charge in [0.1, 0.15) is 0 Å². The molecule has 2 aliphatic heterocycles. The van der Waals surface area contributed by atoms with Crippen molar-refractivity contribution in [2.75, 3.05) is 46.9 Å². The van der Waals surface area contributed by atoms with Gasteiger partial charge in [-0.1, -0.05) is 0 Å². The minimum atomic E-state index is 0.0125. The fourth-order valence-electron chi connectivity index (χ4n) is 3.74. The standard InChI is InChI=1S/C15H31N3O/c1-14(19-3)6-4-10-18(13-14)15(12-16)7-5-9-17(2)11-8-15/h4-13,16H2,1-3H3. The molecule has 4 nitrogen and oxygen atoms in total. The first kappa shape index (κ1) is 15.2. The van der Waals surface area contributed by atoms with Gasteiger partial charge in [-0.3, -0.25) is 4.90 Å². The summed E-state index contributed by atoms with van der Waals surface area (Å²) in [5.74, 6) is 0. The minimum Gasteiger partial charge on any atom is -0.377 e. The molecule has 0 aromatic rings. The zero-order valence-electron chi connectivity index (χ0n) is 13.0. The van der Waals surface area contributed by atoms with Gasteiger partial charge in [-0.25, -0.2) is 0 Å². The number of nitrogens with zero attached hydrogens (tertiary/aromatic N) is 2. The second kappa shape index (κ2) is 6.08. The van der Waals surface area contributed by atoms with Crippen LogP contribution in [0.15, 0.2) is 0 Å². The summed E-state index contributed by atoms with van der Waals surface area (Å²) in [6, 6.07) is 0. The number of hydrogen-bond acceptors (Lipinski definition) is 4. The van der Waals surface area contributed by atoms with E-state index in [0.29, 0.717) is 0 Å². The fourth-order valence-corrected chi connectivity index (χ4v) is 3.74. The van der Waals surface area contributed by atoms with Crippen LogP contribution in [0.4, 0.5) is 0 Å². The van der Waals surface area contributed by atoms with E-state index in [0.717, 1.165) is 19.6 Å². The Labute approximate surface area is 118 Å². The van der Waals surface area contributed by atoms with E-state index >= 15 is 0 Å². The first-order valence-corrected chi connectivity index (χ1v) is 7.72. The Balaban J connectivity index is 2.11. The molecule has 0 bridgehead atoms. The molecule has 0 amide bonds. The average molecular weight is 269 g/mol. The molecule has 0 aliphatic carbocycles. The number of likely N-dealkylation sites (tertiary alicyclic amines) is 2. The summed E-state index contributed by atoms with van der Waals surface area (Å²) in [4.78, 5) is 5.08. The lowest BCUT2D eigenvalue weighted by Gasteiger charge is -2.50. The van der Waals surface area contributed by atoms with Gasteiger partial charge in [0, 0.05) is 25.7 Å². The third-order valence-corrected chi connectivity index (χ3v) is 5.34. The maximum Gasteiger partial charge on any atom is 0.0777 e. The fraction of sp³-hybridized carbons (Fsp3) is 1.00. The highest BCUT2D eigenvalue weighted by Gasteiger charge is 2.42. The van der Waals surface area contributed by atoms with Crippen LogP contribution in [0.2, 0.25) is 0 Å². The van der Waals surface area contributed by atoms with Crippen LogP contribution in [-0.4, -0.2) is 67.8 Å². The molecule has 0 aromatic heterocycles. The summed E-state index contributed by atoms with van der Waals surface area (Å²) >= 11 is 0. The molecule has 112 valence electrons. The monoisotopic (exact) mass is 269 g/mol. The molecular formula is C15H31N3O. The molecule has 0 radical (unpaired) electrons. The lowest BCUT2D eigenvalue weighted by molar-refractivity contribution is -0.0827. The predicted octanol–water partition coefficient (Wildman–Crippen LogP) is 1.30. The second-order valence-corrected chi connectivity index (χ2v) is 6.76. The van der Waals surface area contributed by atoms with Crippen molar-refractivity contribution in [2.45, 2.75) is 50.2 Å². The van der Waals surface area contributed by atoms with Crippen LogP contribution in [0.3, 0.4) is 0 Å². The van der Waals surface area contributed by atoms with Gasteiger partial charge in [-0.2, -0.15) is 0 Å². The third kappa shape index (κ3) is 3.30. The molecule has 2 atom stereocenters. The van der Waals surface area contributed by atoms with Gasteiger partial charge in [0.2, 0.25) is 0 Å². The first-order valence-electron chi connectivity index (χ1n) is 7.72. The molecule has 0 spiro atoms. The summed E-state index contributed by atoms with van der Waals surface area (Å²) in [5, 5.41) is 0. The highest BCUT2D eigenvalue weighted by atomic mass is 16.5. The van der Waals surface area contributed by atoms with Gasteiger partial charge in [0.15, 0.2) is 0 Å². The van der Waals surface area contributed by atoms with Gasteiger partial charge in [0.05, 0.1) is 5.60 Å². The molecule has 19 heavy (non-hydrogen) atoms. The molecule has 0 saturated carbocycles. The second-order valence-electron chi connectivity index (χ2n) is 6.76. The normalized spacial score (nSPS) is 39.2. The van der Waals surface area contributed by atoms with Crippen LogP contribution in [0.1, 0.15) is 39.0 Å². The van der Waals surface area contributed by atoms with Gasteiger partial charge >= 0.3 is 0 Å². The molecule has 4 heteroatoms. The van der Waals surface area contributed by atoms with Crippen LogP contribution in [0.25, 0.3) is 0 Å². The molecular weight excluding hydrogens is 238 g/mol. The minimum absolute atomic E-state index is 0.0125. The van der Waals surface area contributed by atoms with Gasteiger partial charge in [0.25, 0.3) is 0 Å². The van der Waals surface area contributed by atoms with Crippen LogP contribution in [0.5, 0.6) is 0 Å². The van der Waals surface area contributed by atoms with Crippen molar-refractivity contribution in [3.63, 3.8) is 0 Å². The van der Waals surface area contributed by atoms with Crippen molar-refractivity contribution >= 4 is 0 Å². The Kier molecular flexibility index (Phi) is 4.88. The molecule has 2 N–H and O–H groups in total. The SMILES string of the molecule is COC1(C)CCCN(C2(CN)CCCN(C)CC2)C1. The third-order valence-electron chi connectivity index (χ3n) is 5.34. The van der Waals surface area contributed by atoms with Crippen molar-refractivity contribution < 1.29 is 4.74 Å². The van der Waals surface area contributed by atoms with Crippen LogP contribution >= 0.6 is 0 Å². The highest BCUT2D eigenvalue weighted by molar-refractivity contribution is 4.99. The number of hydrogen-bond donors (Lipinski definition) is 1. The Morgan fingerprint density at radius 3 is 2.53 bits per heavy atom. The number of piperidine rings is 1. The van der Waals surface area contributed by atoms with Crippen LogP contribution in [0, 0.1) is 0 Å². The quantitative estimate of drug-likeness (QED) is 0.838. The molecule has 2 rings (SSSR count). The zero-order valence-corrected chi connectivity index (χ0v) is 13.0. The maximum absolute atomic E-state index is 6.21. The van der Waals surface area contributed by atoms with E-state index in [9.17, 15) is 0 Å². The van der Waals surface area contributed by atoms with Crippen molar-refractivity contribution in [3.05, 3.63) is 0 Å². The first-order chi connectivity index (χ1) is 9.03. The van der Waals surface area contributed by atoms with Gasteiger partial charge < -0.3 is 15.4 Å². The van der Waals surface area contributed by atoms with E-state index in [1.54, 1.807) is 0 Å². The van der Waals surface area contributed by atoms with E-state index in [1.807, 2.05) is 7.11 Å². The zero-order chi connectivity index (χ0) is 13.9. The largest absolute Gasteiger partial charge is 0.377 e. The van der Waals surface area contributed by atoms with Crippen molar-refractivity contribution in [2.24, 2.45) is 5.73 Å². The van der Waals surface area contributed by atoms with Crippen molar-refractivity contribution in [1.82, 2.24) is 9.80 Å². The molecule has 2 saturated heterocycles. The Morgan fingerprint density at radius 2 is 1.84 bits per heavy atom. The van der Waals surface area contributed by atoms with Gasteiger partial charge in [-0.05, 0) is 65.7 Å². The predicted molar refractivity (Wildman–Crippen MR) is 79.4 cm³/mol. The topological polar surface area (TPSA) is 41.7 Å². The molecule has 2 heterocycles.